The van der Waals surface area contributed by atoms with Gasteiger partial charge in [0.25, 0.3) is 0 Å². The van der Waals surface area contributed by atoms with Crippen LogP contribution in [0.15, 0.2) is 77.9 Å². The Balaban J connectivity index is 1.72. The van der Waals surface area contributed by atoms with Crippen molar-refractivity contribution in [2.24, 2.45) is 10.8 Å². The number of rotatable bonds is 7. The van der Waals surface area contributed by atoms with E-state index in [0.717, 1.165) is 5.56 Å². The number of nitrogens with two attached hydrogens (primary N) is 1. The van der Waals surface area contributed by atoms with E-state index >= 15 is 0 Å². The standard InChI is InChI=1S/C22H19N3O4S/c23-22(30)25(18-9-6-16(7-10-18)21(27)28)24-13-17-8-11-19(12-20(17)26)29-14-15-4-2-1-3-5-15/h1-13,26H,14H2,(H2,23,30)(H,27,28). The molecule has 0 aliphatic rings. The average molecular weight is 421 g/mol. The quantitative estimate of drug-likeness (QED) is 0.303. The van der Waals surface area contributed by atoms with E-state index in [9.17, 15) is 9.90 Å². The van der Waals surface area contributed by atoms with Gasteiger partial charge < -0.3 is 20.7 Å². The van der Waals surface area contributed by atoms with Crippen molar-refractivity contribution in [2.75, 3.05) is 5.01 Å². The highest BCUT2D eigenvalue weighted by atomic mass is 32.1. The van der Waals surface area contributed by atoms with Gasteiger partial charge in [-0.25, -0.2) is 9.80 Å². The zero-order valence-corrected chi connectivity index (χ0v) is 16.6. The number of aromatic hydroxyl groups is 1. The molecule has 0 saturated carbocycles. The molecule has 0 aliphatic carbocycles. The molecule has 0 aromatic heterocycles. The summed E-state index contributed by atoms with van der Waals surface area (Å²) >= 11 is 5.02. The number of nitrogens with zero attached hydrogens (tertiary/aromatic N) is 2. The maximum absolute atomic E-state index is 11.0. The van der Waals surface area contributed by atoms with E-state index in [0.29, 0.717) is 23.6 Å². The number of carbonyl (C=O) groups is 1. The molecule has 0 saturated heterocycles. The average Bonchev–Trinajstić information content (AvgIpc) is 2.74. The fourth-order valence-corrected chi connectivity index (χ4v) is 2.73. The molecule has 0 aliphatic heterocycles. The fourth-order valence-electron chi connectivity index (χ4n) is 2.58. The van der Waals surface area contributed by atoms with E-state index in [1.54, 1.807) is 24.3 Å². The highest BCUT2D eigenvalue weighted by Crippen LogP contribution is 2.24. The van der Waals surface area contributed by atoms with Crippen LogP contribution in [0.3, 0.4) is 0 Å². The maximum Gasteiger partial charge on any atom is 0.335 e. The highest BCUT2D eigenvalue weighted by molar-refractivity contribution is 7.80. The first-order valence-electron chi connectivity index (χ1n) is 8.90. The van der Waals surface area contributed by atoms with Gasteiger partial charge in [0, 0.05) is 11.6 Å². The molecule has 3 aromatic carbocycles. The molecule has 0 fully saturated rings. The number of hydrogen-bond acceptors (Lipinski definition) is 5. The summed E-state index contributed by atoms with van der Waals surface area (Å²) in [5.74, 6) is -0.538. The van der Waals surface area contributed by atoms with Gasteiger partial charge in [0.15, 0.2) is 5.11 Å². The number of hydrogen-bond donors (Lipinski definition) is 3. The third-order valence-corrected chi connectivity index (χ3v) is 4.30. The molecule has 0 heterocycles. The molecule has 7 nitrogen and oxygen atoms in total. The summed E-state index contributed by atoms with van der Waals surface area (Å²) in [4.78, 5) is 11.0. The van der Waals surface area contributed by atoms with Gasteiger partial charge in [-0.1, -0.05) is 30.3 Å². The van der Waals surface area contributed by atoms with Crippen molar-refractivity contribution in [1.29, 1.82) is 0 Å². The Labute approximate surface area is 178 Å². The Hall–Kier alpha value is -3.91. The Morgan fingerprint density at radius 1 is 1.10 bits per heavy atom. The number of benzene rings is 3. The lowest BCUT2D eigenvalue weighted by atomic mass is 10.2. The van der Waals surface area contributed by atoms with Crippen LogP contribution in [0.4, 0.5) is 5.69 Å². The molecule has 3 rings (SSSR count). The second-order valence-electron chi connectivity index (χ2n) is 6.24. The van der Waals surface area contributed by atoms with Crippen molar-refractivity contribution < 1.29 is 19.7 Å². The van der Waals surface area contributed by atoms with Crippen LogP contribution in [0.5, 0.6) is 11.5 Å². The first kappa shape index (κ1) is 20.8. The highest BCUT2D eigenvalue weighted by Gasteiger charge is 2.10. The molecule has 30 heavy (non-hydrogen) atoms. The van der Waals surface area contributed by atoms with E-state index in [2.05, 4.69) is 5.10 Å². The van der Waals surface area contributed by atoms with Crippen LogP contribution in [0.25, 0.3) is 0 Å². The van der Waals surface area contributed by atoms with Crippen molar-refractivity contribution in [3.05, 3.63) is 89.5 Å². The first-order valence-corrected chi connectivity index (χ1v) is 9.31. The monoisotopic (exact) mass is 421 g/mol. The first-order chi connectivity index (χ1) is 14.4. The van der Waals surface area contributed by atoms with Gasteiger partial charge in [0.1, 0.15) is 18.1 Å². The van der Waals surface area contributed by atoms with E-state index in [-0.39, 0.29) is 16.4 Å². The molecule has 0 amide bonds. The van der Waals surface area contributed by atoms with Gasteiger partial charge in [-0.05, 0) is 54.2 Å². The number of aromatic carboxylic acids is 1. The van der Waals surface area contributed by atoms with Gasteiger partial charge in [-0.3, -0.25) is 0 Å². The van der Waals surface area contributed by atoms with Gasteiger partial charge in [-0.2, -0.15) is 5.10 Å². The number of ether oxygens (including phenoxy) is 1. The SMILES string of the molecule is NC(=S)N(N=Cc1ccc(OCc2ccccc2)cc1O)c1ccc(C(=O)O)cc1. The fraction of sp³-hybridized carbons (Fsp3) is 0.0455. The number of carboxylic acids is 1. The van der Waals surface area contributed by atoms with E-state index in [1.807, 2.05) is 30.3 Å². The van der Waals surface area contributed by atoms with Crippen molar-refractivity contribution in [3.63, 3.8) is 0 Å². The number of anilines is 1. The summed E-state index contributed by atoms with van der Waals surface area (Å²) in [7, 11) is 0. The van der Waals surface area contributed by atoms with Crippen LogP contribution in [0.1, 0.15) is 21.5 Å². The Kier molecular flexibility index (Phi) is 6.61. The van der Waals surface area contributed by atoms with Crippen LogP contribution in [0, 0.1) is 0 Å². The molecule has 8 heteroatoms. The summed E-state index contributed by atoms with van der Waals surface area (Å²) in [5, 5.41) is 24.7. The van der Waals surface area contributed by atoms with Crippen molar-refractivity contribution in [1.82, 2.24) is 0 Å². The lowest BCUT2D eigenvalue weighted by Crippen LogP contribution is -2.31. The number of hydrazone groups is 1. The molecule has 4 N–H and O–H groups in total. The minimum atomic E-state index is -1.04. The number of phenolic OH excluding ortho intramolecular Hbond substituents is 1. The van der Waals surface area contributed by atoms with Crippen LogP contribution in [0.2, 0.25) is 0 Å². The van der Waals surface area contributed by atoms with Crippen molar-refractivity contribution in [3.8, 4) is 11.5 Å². The van der Waals surface area contributed by atoms with Crippen LogP contribution < -0.4 is 15.5 Å². The lowest BCUT2D eigenvalue weighted by Gasteiger charge is -2.17. The molecule has 0 radical (unpaired) electrons. The Morgan fingerprint density at radius 3 is 2.40 bits per heavy atom. The summed E-state index contributed by atoms with van der Waals surface area (Å²) in [6.07, 6.45) is 1.40. The number of carboxylic acid groups (broad SMARTS) is 1. The third-order valence-electron chi connectivity index (χ3n) is 4.13. The zero-order chi connectivity index (χ0) is 21.5. The second kappa shape index (κ2) is 9.53. The Morgan fingerprint density at radius 2 is 1.80 bits per heavy atom. The zero-order valence-electron chi connectivity index (χ0n) is 15.8. The molecule has 152 valence electrons. The molecule has 0 unspecified atom stereocenters. The summed E-state index contributed by atoms with van der Waals surface area (Å²) in [5.41, 5.74) is 7.81. The smallest absolute Gasteiger partial charge is 0.335 e. The van der Waals surface area contributed by atoms with Crippen LogP contribution >= 0.6 is 12.2 Å². The van der Waals surface area contributed by atoms with Crippen molar-refractivity contribution >= 4 is 35.2 Å². The van der Waals surface area contributed by atoms with Gasteiger partial charge in [0.2, 0.25) is 0 Å². The minimum Gasteiger partial charge on any atom is -0.507 e. The summed E-state index contributed by atoms with van der Waals surface area (Å²) in [6.45, 7) is 0.384. The largest absolute Gasteiger partial charge is 0.507 e. The van der Waals surface area contributed by atoms with Crippen LogP contribution in [-0.2, 0) is 6.61 Å². The van der Waals surface area contributed by atoms with E-state index < -0.39 is 5.97 Å². The van der Waals surface area contributed by atoms with E-state index in [1.165, 1.54) is 29.4 Å². The predicted molar refractivity (Wildman–Crippen MR) is 119 cm³/mol. The number of thiocarbonyl (C=S) groups is 1. The number of phenols is 1. The minimum absolute atomic E-state index is 0.0200. The normalized spacial score (nSPS) is 10.7. The molecular weight excluding hydrogens is 402 g/mol. The predicted octanol–water partition coefficient (Wildman–Crippen LogP) is 3.75. The lowest BCUT2D eigenvalue weighted by molar-refractivity contribution is 0.0697. The van der Waals surface area contributed by atoms with Crippen molar-refractivity contribution in [2.45, 2.75) is 6.61 Å². The molecule has 0 atom stereocenters. The van der Waals surface area contributed by atoms with Gasteiger partial charge in [0.05, 0.1) is 17.5 Å². The summed E-state index contributed by atoms with van der Waals surface area (Å²) in [6, 6.07) is 20.5. The van der Waals surface area contributed by atoms with Crippen LogP contribution in [-0.4, -0.2) is 27.5 Å². The third kappa shape index (κ3) is 5.33. The topological polar surface area (TPSA) is 108 Å². The molecular formula is C22H19N3O4S. The molecule has 0 bridgehead atoms. The summed E-state index contributed by atoms with van der Waals surface area (Å²) < 4.78 is 5.69. The maximum atomic E-state index is 11.0. The van der Waals surface area contributed by atoms with Gasteiger partial charge in [-0.15, -0.1) is 0 Å². The Bertz CT molecular complexity index is 1070. The second-order valence-corrected chi connectivity index (χ2v) is 6.66. The molecule has 0 spiro atoms. The van der Waals surface area contributed by atoms with Gasteiger partial charge >= 0.3 is 5.97 Å². The van der Waals surface area contributed by atoms with E-state index in [4.69, 9.17) is 27.8 Å². The molecule has 3 aromatic rings.